The second kappa shape index (κ2) is 6.23. The predicted octanol–water partition coefficient (Wildman–Crippen LogP) is 2.29. The van der Waals surface area contributed by atoms with Crippen molar-refractivity contribution >= 4 is 0 Å². The van der Waals surface area contributed by atoms with Gasteiger partial charge in [0, 0.05) is 39.1 Å². The molecule has 1 saturated heterocycles. The van der Waals surface area contributed by atoms with E-state index in [1.807, 2.05) is 6.33 Å². The van der Waals surface area contributed by atoms with E-state index in [-0.39, 0.29) is 0 Å². The lowest BCUT2D eigenvalue weighted by Crippen LogP contribution is -2.35. The number of fused-ring (bicyclic) bond motifs is 1. The first-order valence-electron chi connectivity index (χ1n) is 8.36. The normalized spacial score (nSPS) is 22.8. The Morgan fingerprint density at radius 1 is 1.14 bits per heavy atom. The summed E-state index contributed by atoms with van der Waals surface area (Å²) in [5.41, 5.74) is 4.03. The van der Waals surface area contributed by atoms with Gasteiger partial charge in [-0.25, -0.2) is 4.98 Å². The van der Waals surface area contributed by atoms with Crippen LogP contribution in [0, 0.1) is 5.92 Å². The maximum absolute atomic E-state index is 4.39. The van der Waals surface area contributed by atoms with Crippen LogP contribution >= 0.6 is 0 Å². The molecular weight excluding hydrogens is 272 g/mol. The van der Waals surface area contributed by atoms with Gasteiger partial charge in [0.15, 0.2) is 0 Å². The molecule has 0 spiro atoms. The van der Waals surface area contributed by atoms with Crippen molar-refractivity contribution in [1.82, 2.24) is 19.8 Å². The molecule has 0 unspecified atom stereocenters. The number of hydrogen-bond donors (Lipinski definition) is 1. The number of rotatable bonds is 4. The SMILES string of the molecule is c1ccc(CN2CC[C@H](CN3CCc4nc[nH]c4C3)C2)cc1. The second-order valence-electron chi connectivity index (χ2n) is 6.69. The number of H-pyrrole nitrogens is 1. The summed E-state index contributed by atoms with van der Waals surface area (Å²) < 4.78 is 0. The molecule has 1 aromatic carbocycles. The van der Waals surface area contributed by atoms with E-state index >= 15 is 0 Å². The number of nitrogens with zero attached hydrogens (tertiary/aromatic N) is 3. The molecule has 1 aromatic heterocycles. The van der Waals surface area contributed by atoms with Crippen LogP contribution in [0.15, 0.2) is 36.7 Å². The summed E-state index contributed by atoms with van der Waals surface area (Å²) in [5.74, 6) is 0.813. The molecule has 0 amide bonds. The molecule has 0 bridgehead atoms. The molecule has 116 valence electrons. The Balaban J connectivity index is 1.29. The smallest absolute Gasteiger partial charge is 0.0925 e. The third-order valence-electron chi connectivity index (χ3n) is 4.99. The number of benzene rings is 1. The van der Waals surface area contributed by atoms with E-state index in [0.717, 1.165) is 32.0 Å². The van der Waals surface area contributed by atoms with Gasteiger partial charge in [0.05, 0.1) is 17.7 Å². The summed E-state index contributed by atoms with van der Waals surface area (Å²) in [7, 11) is 0. The van der Waals surface area contributed by atoms with Crippen molar-refractivity contribution in [1.29, 1.82) is 0 Å². The Morgan fingerprint density at radius 3 is 2.95 bits per heavy atom. The van der Waals surface area contributed by atoms with Gasteiger partial charge in [0.25, 0.3) is 0 Å². The average Bonchev–Trinajstić information content (AvgIpc) is 3.17. The fourth-order valence-electron chi connectivity index (χ4n) is 3.84. The van der Waals surface area contributed by atoms with Crippen LogP contribution in [-0.4, -0.2) is 45.9 Å². The molecule has 2 aromatic rings. The van der Waals surface area contributed by atoms with E-state index in [4.69, 9.17) is 0 Å². The van der Waals surface area contributed by atoms with Gasteiger partial charge in [0.2, 0.25) is 0 Å². The molecule has 2 aliphatic heterocycles. The van der Waals surface area contributed by atoms with E-state index in [2.05, 4.69) is 50.1 Å². The quantitative estimate of drug-likeness (QED) is 0.940. The van der Waals surface area contributed by atoms with Gasteiger partial charge in [-0.15, -0.1) is 0 Å². The molecule has 0 saturated carbocycles. The van der Waals surface area contributed by atoms with E-state index in [1.165, 1.54) is 43.0 Å². The van der Waals surface area contributed by atoms with Gasteiger partial charge in [-0.1, -0.05) is 30.3 Å². The van der Waals surface area contributed by atoms with Gasteiger partial charge in [-0.2, -0.15) is 0 Å². The summed E-state index contributed by atoms with van der Waals surface area (Å²) >= 11 is 0. The lowest BCUT2D eigenvalue weighted by atomic mass is 10.1. The molecule has 22 heavy (non-hydrogen) atoms. The zero-order valence-corrected chi connectivity index (χ0v) is 13.0. The number of likely N-dealkylation sites (tertiary alicyclic amines) is 1. The highest BCUT2D eigenvalue weighted by Crippen LogP contribution is 2.22. The fourth-order valence-corrected chi connectivity index (χ4v) is 3.84. The lowest BCUT2D eigenvalue weighted by Gasteiger charge is -2.28. The van der Waals surface area contributed by atoms with E-state index in [0.29, 0.717) is 0 Å². The highest BCUT2D eigenvalue weighted by atomic mass is 15.2. The van der Waals surface area contributed by atoms with Gasteiger partial charge >= 0.3 is 0 Å². The van der Waals surface area contributed by atoms with Crippen molar-refractivity contribution in [2.45, 2.75) is 25.9 Å². The fraction of sp³-hybridized carbons (Fsp3) is 0.500. The number of imidazole rings is 1. The largest absolute Gasteiger partial charge is 0.347 e. The molecule has 1 N–H and O–H groups in total. The Bertz CT molecular complexity index is 607. The zero-order valence-electron chi connectivity index (χ0n) is 13.0. The summed E-state index contributed by atoms with van der Waals surface area (Å²) in [6.45, 7) is 7.01. The number of aromatic amines is 1. The molecule has 1 fully saturated rings. The van der Waals surface area contributed by atoms with Crippen molar-refractivity contribution in [3.8, 4) is 0 Å². The van der Waals surface area contributed by atoms with Crippen molar-refractivity contribution in [3.05, 3.63) is 53.6 Å². The van der Waals surface area contributed by atoms with Crippen LogP contribution in [0.4, 0.5) is 0 Å². The summed E-state index contributed by atoms with van der Waals surface area (Å²) in [5, 5.41) is 0. The van der Waals surface area contributed by atoms with Gasteiger partial charge in [-0.3, -0.25) is 9.80 Å². The van der Waals surface area contributed by atoms with Crippen molar-refractivity contribution in [2.75, 3.05) is 26.2 Å². The lowest BCUT2D eigenvalue weighted by molar-refractivity contribution is 0.206. The highest BCUT2D eigenvalue weighted by molar-refractivity contribution is 5.15. The molecule has 4 heteroatoms. The first kappa shape index (κ1) is 14.0. The monoisotopic (exact) mass is 296 g/mol. The molecular formula is C18H24N4. The van der Waals surface area contributed by atoms with Crippen molar-refractivity contribution in [3.63, 3.8) is 0 Å². The minimum atomic E-state index is 0.813. The zero-order chi connectivity index (χ0) is 14.8. The van der Waals surface area contributed by atoms with Crippen LogP contribution in [-0.2, 0) is 19.5 Å². The molecule has 4 rings (SSSR count). The Kier molecular flexibility index (Phi) is 3.95. The Morgan fingerprint density at radius 2 is 2.05 bits per heavy atom. The molecule has 1 atom stereocenters. The van der Waals surface area contributed by atoms with Gasteiger partial charge < -0.3 is 4.98 Å². The number of aromatic nitrogens is 2. The summed E-state index contributed by atoms with van der Waals surface area (Å²) in [6, 6.07) is 10.8. The molecule has 4 nitrogen and oxygen atoms in total. The van der Waals surface area contributed by atoms with Crippen LogP contribution in [0.25, 0.3) is 0 Å². The first-order valence-corrected chi connectivity index (χ1v) is 8.36. The van der Waals surface area contributed by atoms with Crippen molar-refractivity contribution < 1.29 is 0 Å². The topological polar surface area (TPSA) is 35.2 Å². The van der Waals surface area contributed by atoms with Crippen LogP contribution in [0.5, 0.6) is 0 Å². The Labute approximate surface area is 132 Å². The van der Waals surface area contributed by atoms with Crippen LogP contribution < -0.4 is 0 Å². The van der Waals surface area contributed by atoms with Crippen LogP contribution in [0.3, 0.4) is 0 Å². The van der Waals surface area contributed by atoms with Gasteiger partial charge in [-0.05, 0) is 24.4 Å². The third-order valence-corrected chi connectivity index (χ3v) is 4.99. The number of nitrogens with one attached hydrogen (secondary N) is 1. The third kappa shape index (κ3) is 3.08. The summed E-state index contributed by atoms with van der Waals surface area (Å²) in [6.07, 6.45) is 4.27. The number of hydrogen-bond acceptors (Lipinski definition) is 3. The van der Waals surface area contributed by atoms with Crippen molar-refractivity contribution in [2.24, 2.45) is 5.92 Å². The second-order valence-corrected chi connectivity index (χ2v) is 6.69. The minimum absolute atomic E-state index is 0.813. The molecule has 3 heterocycles. The maximum Gasteiger partial charge on any atom is 0.0925 e. The van der Waals surface area contributed by atoms with E-state index < -0.39 is 0 Å². The molecule has 0 radical (unpaired) electrons. The Hall–Kier alpha value is -1.65. The van der Waals surface area contributed by atoms with Crippen LogP contribution in [0.1, 0.15) is 23.4 Å². The molecule has 0 aliphatic carbocycles. The maximum atomic E-state index is 4.39. The van der Waals surface area contributed by atoms with Crippen LogP contribution in [0.2, 0.25) is 0 Å². The average molecular weight is 296 g/mol. The minimum Gasteiger partial charge on any atom is -0.347 e. The predicted molar refractivity (Wildman–Crippen MR) is 87.4 cm³/mol. The van der Waals surface area contributed by atoms with E-state index in [9.17, 15) is 0 Å². The first-order chi connectivity index (χ1) is 10.9. The van der Waals surface area contributed by atoms with E-state index in [1.54, 1.807) is 0 Å². The van der Waals surface area contributed by atoms with Gasteiger partial charge in [0.1, 0.15) is 0 Å². The standard InChI is InChI=1S/C18H24N4/c1-2-4-15(5-3-1)10-21-8-6-16(11-21)12-22-9-7-17-18(13-22)20-14-19-17/h1-5,14,16H,6-13H2,(H,19,20)/t16-/m0/s1. The summed E-state index contributed by atoms with van der Waals surface area (Å²) in [4.78, 5) is 12.9. The molecule has 2 aliphatic rings. The highest BCUT2D eigenvalue weighted by Gasteiger charge is 2.26.